The molecule has 0 amide bonds. The summed E-state index contributed by atoms with van der Waals surface area (Å²) in [6.07, 6.45) is 0.938. The van der Waals surface area contributed by atoms with Gasteiger partial charge in [-0.15, -0.1) is 0 Å². The third kappa shape index (κ3) is 3.86. The molecule has 18 heavy (non-hydrogen) atoms. The number of benzene rings is 2. The Hall–Kier alpha value is -1.31. The molecule has 0 radical (unpaired) electrons. The average Bonchev–Trinajstić information content (AvgIpc) is 2.28. The lowest BCUT2D eigenvalue weighted by atomic mass is 10.0. The first kappa shape index (κ1) is 13.1. The summed E-state index contributed by atoms with van der Waals surface area (Å²) in [6, 6.07) is 15.9. The topological polar surface area (TPSA) is 20.2 Å². The molecule has 0 aliphatic rings. The van der Waals surface area contributed by atoms with Gasteiger partial charge in [-0.1, -0.05) is 53.6 Å². The van der Waals surface area contributed by atoms with Gasteiger partial charge < -0.3 is 5.11 Å². The zero-order valence-corrected chi connectivity index (χ0v) is 11.2. The van der Waals surface area contributed by atoms with E-state index in [-0.39, 0.29) is 6.10 Å². The van der Waals surface area contributed by atoms with Crippen molar-refractivity contribution >= 4 is 11.6 Å². The van der Waals surface area contributed by atoms with E-state index in [2.05, 4.69) is 19.1 Å². The largest absolute Gasteiger partial charge is 0.392 e. The standard InChI is InChI=1S/C16H17ClO/c1-12-4-2-5-13(8-12)10-16(18)11-14-6-3-7-15(17)9-14/h2-9,16,18H,10-11H2,1H3. The number of halogens is 1. The summed E-state index contributed by atoms with van der Waals surface area (Å²) in [5, 5.41) is 10.8. The Morgan fingerprint density at radius 1 is 1.00 bits per heavy atom. The minimum Gasteiger partial charge on any atom is -0.392 e. The highest BCUT2D eigenvalue weighted by Crippen LogP contribution is 2.14. The van der Waals surface area contributed by atoms with Gasteiger partial charge in [-0.2, -0.15) is 0 Å². The van der Waals surface area contributed by atoms with E-state index in [4.69, 9.17) is 11.6 Å². The molecular formula is C16H17ClO. The van der Waals surface area contributed by atoms with Crippen LogP contribution in [0.3, 0.4) is 0 Å². The van der Waals surface area contributed by atoms with Crippen molar-refractivity contribution in [1.82, 2.24) is 0 Å². The number of aliphatic hydroxyl groups is 1. The molecule has 0 bridgehead atoms. The zero-order valence-electron chi connectivity index (χ0n) is 10.4. The van der Waals surface area contributed by atoms with E-state index in [0.717, 1.165) is 10.6 Å². The summed E-state index contributed by atoms with van der Waals surface area (Å²) < 4.78 is 0. The highest BCUT2D eigenvalue weighted by atomic mass is 35.5. The van der Waals surface area contributed by atoms with E-state index in [9.17, 15) is 5.11 Å². The molecule has 2 heteroatoms. The van der Waals surface area contributed by atoms with Crippen LogP contribution in [0.2, 0.25) is 5.02 Å². The van der Waals surface area contributed by atoms with Crippen molar-refractivity contribution in [2.45, 2.75) is 25.9 Å². The maximum absolute atomic E-state index is 10.1. The summed E-state index contributed by atoms with van der Waals surface area (Å²) in [5.41, 5.74) is 3.47. The van der Waals surface area contributed by atoms with Crippen LogP contribution in [0.5, 0.6) is 0 Å². The maximum Gasteiger partial charge on any atom is 0.0620 e. The van der Waals surface area contributed by atoms with Crippen LogP contribution in [-0.4, -0.2) is 11.2 Å². The van der Waals surface area contributed by atoms with Gasteiger partial charge in [0.05, 0.1) is 6.10 Å². The van der Waals surface area contributed by atoms with Crippen LogP contribution in [0.15, 0.2) is 48.5 Å². The minimum absolute atomic E-state index is 0.370. The smallest absolute Gasteiger partial charge is 0.0620 e. The van der Waals surface area contributed by atoms with Gasteiger partial charge in [0, 0.05) is 5.02 Å². The Labute approximate surface area is 113 Å². The molecular weight excluding hydrogens is 244 g/mol. The van der Waals surface area contributed by atoms with Crippen LogP contribution < -0.4 is 0 Å². The van der Waals surface area contributed by atoms with Gasteiger partial charge in [0.15, 0.2) is 0 Å². The molecule has 1 unspecified atom stereocenters. The van der Waals surface area contributed by atoms with Crippen LogP contribution >= 0.6 is 11.6 Å². The first-order chi connectivity index (χ1) is 8.63. The molecule has 0 aliphatic carbocycles. The fourth-order valence-electron chi connectivity index (χ4n) is 2.12. The molecule has 2 aromatic rings. The Bertz CT molecular complexity index is 475. The summed E-state index contributed by atoms with van der Waals surface area (Å²) in [6.45, 7) is 2.06. The normalized spacial score (nSPS) is 12.4. The molecule has 0 saturated heterocycles. The minimum atomic E-state index is -0.370. The van der Waals surface area contributed by atoms with Crippen LogP contribution in [0.1, 0.15) is 16.7 Å². The molecule has 2 rings (SSSR count). The van der Waals surface area contributed by atoms with Crippen molar-refractivity contribution in [3.05, 3.63) is 70.2 Å². The molecule has 2 aromatic carbocycles. The second-order valence-electron chi connectivity index (χ2n) is 4.68. The lowest BCUT2D eigenvalue weighted by Crippen LogP contribution is -2.13. The van der Waals surface area contributed by atoms with Crippen molar-refractivity contribution in [2.24, 2.45) is 0 Å². The number of aliphatic hydroxyl groups excluding tert-OH is 1. The quantitative estimate of drug-likeness (QED) is 0.887. The van der Waals surface area contributed by atoms with Crippen molar-refractivity contribution in [3.63, 3.8) is 0 Å². The maximum atomic E-state index is 10.1. The summed E-state index contributed by atoms with van der Waals surface area (Å²) in [7, 11) is 0. The van der Waals surface area contributed by atoms with E-state index in [1.54, 1.807) is 0 Å². The van der Waals surface area contributed by atoms with Gasteiger partial charge in [-0.3, -0.25) is 0 Å². The molecule has 0 heterocycles. The van der Waals surface area contributed by atoms with Gasteiger partial charge in [-0.25, -0.2) is 0 Å². The zero-order chi connectivity index (χ0) is 13.0. The molecule has 0 spiro atoms. The van der Waals surface area contributed by atoms with Crippen molar-refractivity contribution in [1.29, 1.82) is 0 Å². The second kappa shape index (κ2) is 6.03. The molecule has 0 saturated carbocycles. The van der Waals surface area contributed by atoms with Crippen molar-refractivity contribution in [3.8, 4) is 0 Å². The predicted molar refractivity (Wildman–Crippen MR) is 76.0 cm³/mol. The highest BCUT2D eigenvalue weighted by Gasteiger charge is 2.07. The van der Waals surface area contributed by atoms with Crippen LogP contribution in [0, 0.1) is 6.92 Å². The Kier molecular flexibility index (Phi) is 4.40. The van der Waals surface area contributed by atoms with Crippen molar-refractivity contribution in [2.75, 3.05) is 0 Å². The van der Waals surface area contributed by atoms with E-state index >= 15 is 0 Å². The molecule has 1 atom stereocenters. The first-order valence-electron chi connectivity index (χ1n) is 6.11. The molecule has 94 valence electrons. The van der Waals surface area contributed by atoms with Gasteiger partial charge in [0.25, 0.3) is 0 Å². The van der Waals surface area contributed by atoms with Gasteiger partial charge in [0.1, 0.15) is 0 Å². The lowest BCUT2D eigenvalue weighted by Gasteiger charge is -2.11. The van der Waals surface area contributed by atoms with E-state index in [1.165, 1.54) is 11.1 Å². The Morgan fingerprint density at radius 2 is 1.61 bits per heavy atom. The molecule has 0 aromatic heterocycles. The number of rotatable bonds is 4. The van der Waals surface area contributed by atoms with E-state index in [1.807, 2.05) is 36.4 Å². The number of aryl methyl sites for hydroxylation is 1. The third-order valence-corrected chi connectivity index (χ3v) is 3.15. The van der Waals surface area contributed by atoms with Crippen LogP contribution in [0.4, 0.5) is 0 Å². The van der Waals surface area contributed by atoms with Gasteiger partial charge in [-0.05, 0) is 43.0 Å². The molecule has 0 fully saturated rings. The molecule has 0 aliphatic heterocycles. The summed E-state index contributed by atoms with van der Waals surface area (Å²) >= 11 is 5.93. The monoisotopic (exact) mass is 260 g/mol. The first-order valence-corrected chi connectivity index (χ1v) is 6.49. The van der Waals surface area contributed by atoms with Gasteiger partial charge >= 0.3 is 0 Å². The SMILES string of the molecule is Cc1cccc(CC(O)Cc2cccc(Cl)c2)c1. The molecule has 1 nitrogen and oxygen atoms in total. The van der Waals surface area contributed by atoms with E-state index < -0.39 is 0 Å². The second-order valence-corrected chi connectivity index (χ2v) is 5.12. The molecule has 1 N–H and O–H groups in total. The number of hydrogen-bond donors (Lipinski definition) is 1. The average molecular weight is 261 g/mol. The summed E-state index contributed by atoms with van der Waals surface area (Å²) in [4.78, 5) is 0. The third-order valence-electron chi connectivity index (χ3n) is 2.91. The fourth-order valence-corrected chi connectivity index (χ4v) is 2.33. The fraction of sp³-hybridized carbons (Fsp3) is 0.250. The highest BCUT2D eigenvalue weighted by molar-refractivity contribution is 6.30. The number of hydrogen-bond acceptors (Lipinski definition) is 1. The van der Waals surface area contributed by atoms with Crippen LogP contribution in [-0.2, 0) is 12.8 Å². The van der Waals surface area contributed by atoms with Gasteiger partial charge in [0.2, 0.25) is 0 Å². The lowest BCUT2D eigenvalue weighted by molar-refractivity contribution is 0.175. The predicted octanol–water partition coefficient (Wildman–Crippen LogP) is 3.79. The van der Waals surface area contributed by atoms with Crippen LogP contribution in [0.25, 0.3) is 0 Å². The van der Waals surface area contributed by atoms with E-state index in [0.29, 0.717) is 12.8 Å². The Morgan fingerprint density at radius 3 is 2.22 bits per heavy atom. The van der Waals surface area contributed by atoms with Crippen molar-refractivity contribution < 1.29 is 5.11 Å². The summed E-state index contributed by atoms with van der Waals surface area (Å²) in [5.74, 6) is 0. The Balaban J connectivity index is 1.98.